The van der Waals surface area contributed by atoms with Crippen molar-refractivity contribution in [2.45, 2.75) is 31.8 Å². The van der Waals surface area contributed by atoms with Crippen molar-refractivity contribution >= 4 is 21.7 Å². The number of nitrogens with one attached hydrogen (secondary N) is 2. The van der Waals surface area contributed by atoms with E-state index in [-0.39, 0.29) is 35.4 Å². The van der Waals surface area contributed by atoms with Crippen LogP contribution in [0.4, 0.5) is 0 Å². The van der Waals surface area contributed by atoms with Crippen LogP contribution in [0.3, 0.4) is 0 Å². The lowest BCUT2D eigenvalue weighted by Crippen LogP contribution is -2.61. The highest BCUT2D eigenvalue weighted by atomic mass is 32.2. The summed E-state index contributed by atoms with van der Waals surface area (Å²) in [5.74, 6) is -0.610. The topological polar surface area (TPSA) is 105 Å². The number of carbonyl (C=O) groups is 2. The quantitative estimate of drug-likeness (QED) is 0.798. The Morgan fingerprint density at radius 3 is 2.39 bits per heavy atom. The highest BCUT2D eigenvalue weighted by molar-refractivity contribution is 7.93. The van der Waals surface area contributed by atoms with Crippen LogP contribution in [-0.2, 0) is 14.6 Å². The van der Waals surface area contributed by atoms with Crippen molar-refractivity contribution in [2.24, 2.45) is 5.41 Å². The van der Waals surface area contributed by atoms with E-state index in [9.17, 15) is 18.0 Å². The van der Waals surface area contributed by atoms with Gasteiger partial charge in [0, 0.05) is 18.3 Å². The van der Waals surface area contributed by atoms with E-state index in [1.54, 1.807) is 31.3 Å². The van der Waals surface area contributed by atoms with Gasteiger partial charge in [-0.25, -0.2) is 8.42 Å². The third kappa shape index (κ3) is 3.36. The zero-order chi connectivity index (χ0) is 16.7. The molecular formula is C15H19N3O4S. The van der Waals surface area contributed by atoms with Gasteiger partial charge in [-0.3, -0.25) is 14.6 Å². The van der Waals surface area contributed by atoms with Crippen molar-refractivity contribution in [3.05, 3.63) is 30.1 Å². The maximum absolute atomic E-state index is 12.1. The normalized spacial score (nSPS) is 27.2. The fourth-order valence-electron chi connectivity index (χ4n) is 3.03. The predicted octanol–water partition coefficient (Wildman–Crippen LogP) is -0.107. The summed E-state index contributed by atoms with van der Waals surface area (Å²) < 4.78 is 22.5. The lowest BCUT2D eigenvalue weighted by atomic mass is 9.84. The first-order valence-electron chi connectivity index (χ1n) is 7.51. The lowest BCUT2D eigenvalue weighted by molar-refractivity contribution is -0.130. The van der Waals surface area contributed by atoms with E-state index in [1.807, 2.05) is 0 Å². The number of amides is 2. The van der Waals surface area contributed by atoms with Crippen molar-refractivity contribution in [3.8, 4) is 0 Å². The Bertz CT molecular complexity index is 714. The number of pyridine rings is 1. The first kappa shape index (κ1) is 15.9. The number of nitrogens with zero attached hydrogens (tertiary/aromatic N) is 1. The summed E-state index contributed by atoms with van der Waals surface area (Å²) in [5.41, 5.74) is -0.437. The molecule has 1 saturated carbocycles. The van der Waals surface area contributed by atoms with Crippen molar-refractivity contribution in [2.75, 3.05) is 11.5 Å². The Morgan fingerprint density at radius 2 is 1.83 bits per heavy atom. The molecule has 1 aromatic heterocycles. The van der Waals surface area contributed by atoms with Crippen LogP contribution < -0.4 is 10.6 Å². The highest BCUT2D eigenvalue weighted by Gasteiger charge is 2.51. The predicted molar refractivity (Wildman–Crippen MR) is 83.4 cm³/mol. The van der Waals surface area contributed by atoms with Crippen LogP contribution in [0, 0.1) is 5.41 Å². The molecule has 2 heterocycles. The van der Waals surface area contributed by atoms with Crippen molar-refractivity contribution in [3.63, 3.8) is 0 Å². The molecule has 0 spiro atoms. The summed E-state index contributed by atoms with van der Waals surface area (Å²) in [6, 6.07) is 5.13. The molecule has 0 unspecified atom stereocenters. The van der Waals surface area contributed by atoms with E-state index in [0.29, 0.717) is 18.5 Å². The van der Waals surface area contributed by atoms with Crippen molar-refractivity contribution in [1.29, 1.82) is 0 Å². The molecule has 1 aromatic rings. The van der Waals surface area contributed by atoms with Crippen LogP contribution in [0.5, 0.6) is 0 Å². The zero-order valence-corrected chi connectivity index (χ0v) is 13.6. The maximum atomic E-state index is 12.1. The fraction of sp³-hybridized carbons (Fsp3) is 0.533. The summed E-state index contributed by atoms with van der Waals surface area (Å²) in [6.07, 6.45) is 2.85. The minimum atomic E-state index is -3.04. The van der Waals surface area contributed by atoms with Gasteiger partial charge in [0.25, 0.3) is 5.91 Å². The average Bonchev–Trinajstić information content (AvgIpc) is 2.43. The van der Waals surface area contributed by atoms with E-state index in [1.165, 1.54) is 0 Å². The average molecular weight is 337 g/mol. The van der Waals surface area contributed by atoms with Gasteiger partial charge < -0.3 is 10.6 Å². The second-order valence-corrected chi connectivity index (χ2v) is 8.68. The number of sulfone groups is 1. The van der Waals surface area contributed by atoms with Gasteiger partial charge in [0.1, 0.15) is 5.69 Å². The molecule has 8 heteroatoms. The molecular weight excluding hydrogens is 318 g/mol. The van der Waals surface area contributed by atoms with Crippen LogP contribution >= 0.6 is 0 Å². The van der Waals surface area contributed by atoms with Gasteiger partial charge in [0.05, 0.1) is 16.9 Å². The fourth-order valence-corrected chi connectivity index (χ4v) is 5.15. The molecule has 1 aliphatic carbocycles. The van der Waals surface area contributed by atoms with E-state index < -0.39 is 15.3 Å². The van der Waals surface area contributed by atoms with E-state index in [0.717, 1.165) is 0 Å². The highest BCUT2D eigenvalue weighted by Crippen LogP contribution is 2.33. The molecule has 0 radical (unpaired) electrons. The number of aromatic nitrogens is 1. The number of rotatable bonds is 4. The summed E-state index contributed by atoms with van der Waals surface area (Å²) in [4.78, 5) is 28.0. The van der Waals surface area contributed by atoms with Crippen LogP contribution in [0.25, 0.3) is 0 Å². The lowest BCUT2D eigenvalue weighted by Gasteiger charge is -2.41. The van der Waals surface area contributed by atoms with Crippen molar-refractivity contribution < 1.29 is 18.0 Å². The standard InChI is InChI=1S/C15H19N3O4S/c1-15(8-23(21,22)9-15)14(20)18-11-6-10(7-11)17-13(19)12-4-2-3-5-16-12/h2-5,10-11H,6-9H2,1H3,(H,17,19)(H,18,20). The Hall–Kier alpha value is -1.96. The molecule has 0 aromatic carbocycles. The molecule has 2 aliphatic rings. The summed E-state index contributed by atoms with van der Waals surface area (Å²) in [6.45, 7) is 1.67. The van der Waals surface area contributed by atoms with Gasteiger partial charge >= 0.3 is 0 Å². The molecule has 1 aliphatic heterocycles. The number of hydrogen-bond donors (Lipinski definition) is 2. The second-order valence-electron chi connectivity index (χ2n) is 6.62. The monoisotopic (exact) mass is 337 g/mol. The Morgan fingerprint density at radius 1 is 1.17 bits per heavy atom. The molecule has 2 N–H and O–H groups in total. The molecule has 1 saturated heterocycles. The van der Waals surface area contributed by atoms with Crippen LogP contribution in [-0.4, -0.2) is 48.8 Å². The van der Waals surface area contributed by atoms with E-state index in [2.05, 4.69) is 15.6 Å². The molecule has 0 atom stereocenters. The van der Waals surface area contributed by atoms with Gasteiger partial charge in [-0.1, -0.05) is 6.07 Å². The molecule has 7 nitrogen and oxygen atoms in total. The first-order valence-corrected chi connectivity index (χ1v) is 9.33. The molecule has 2 amide bonds. The molecule has 124 valence electrons. The minimum absolute atomic E-state index is 0.00716. The first-order chi connectivity index (χ1) is 10.8. The molecule has 2 fully saturated rings. The summed E-state index contributed by atoms with van der Waals surface area (Å²) in [7, 11) is -3.04. The number of hydrogen-bond acceptors (Lipinski definition) is 5. The van der Waals surface area contributed by atoms with Gasteiger partial charge in [-0.2, -0.15) is 0 Å². The Balaban J connectivity index is 1.43. The van der Waals surface area contributed by atoms with E-state index in [4.69, 9.17) is 0 Å². The largest absolute Gasteiger partial charge is 0.353 e. The molecule has 23 heavy (non-hydrogen) atoms. The third-order valence-corrected chi connectivity index (χ3v) is 6.49. The third-order valence-electron chi connectivity index (χ3n) is 4.33. The SMILES string of the molecule is CC1(C(=O)NC2CC(NC(=O)c3ccccn3)C2)CS(=O)(=O)C1. The van der Waals surface area contributed by atoms with Gasteiger partial charge in [0.2, 0.25) is 5.91 Å². The van der Waals surface area contributed by atoms with Crippen LogP contribution in [0.2, 0.25) is 0 Å². The van der Waals surface area contributed by atoms with Gasteiger partial charge in [-0.15, -0.1) is 0 Å². The smallest absolute Gasteiger partial charge is 0.270 e. The molecule has 0 bridgehead atoms. The van der Waals surface area contributed by atoms with Crippen LogP contribution in [0.1, 0.15) is 30.3 Å². The Kier molecular flexibility index (Phi) is 3.87. The molecule has 3 rings (SSSR count). The maximum Gasteiger partial charge on any atom is 0.270 e. The van der Waals surface area contributed by atoms with Gasteiger partial charge in [-0.05, 0) is 31.9 Å². The minimum Gasteiger partial charge on any atom is -0.353 e. The zero-order valence-electron chi connectivity index (χ0n) is 12.8. The second kappa shape index (κ2) is 5.59. The van der Waals surface area contributed by atoms with Gasteiger partial charge in [0.15, 0.2) is 9.84 Å². The summed E-state index contributed by atoms with van der Waals surface area (Å²) >= 11 is 0. The van der Waals surface area contributed by atoms with E-state index >= 15 is 0 Å². The van der Waals surface area contributed by atoms with Crippen molar-refractivity contribution in [1.82, 2.24) is 15.6 Å². The number of carbonyl (C=O) groups excluding carboxylic acids is 2. The summed E-state index contributed by atoms with van der Waals surface area (Å²) in [5, 5.41) is 5.74. The Labute approximate surface area is 134 Å². The van der Waals surface area contributed by atoms with Crippen LogP contribution in [0.15, 0.2) is 24.4 Å².